The molecule has 1 saturated carbocycles. The molecule has 0 saturated heterocycles. The molecule has 3 heterocycles. The number of nitrogens with zero attached hydrogens (tertiary/aromatic N) is 6. The number of carbonyl (C=O) groups excluding carboxylic acids is 1. The van der Waals surface area contributed by atoms with Crippen LogP contribution in [0, 0.1) is 11.3 Å². The van der Waals surface area contributed by atoms with Crippen LogP contribution in [0.5, 0.6) is 0 Å². The molecule has 1 aromatic carbocycles. The Hall–Kier alpha value is -3.29. The summed E-state index contributed by atoms with van der Waals surface area (Å²) in [4.78, 5) is 16.8. The first-order valence-electron chi connectivity index (χ1n) is 10.1. The van der Waals surface area contributed by atoms with Crippen molar-refractivity contribution < 1.29 is 9.21 Å². The molecular weight excluding hydrogens is 450 g/mol. The standard InChI is InChI=1S/C21H18ClN7O2S/c1-2-29-10-13(9-24-29)12-5-14(22)20-15(6-12)25-19(32-20)8-18-28-27-17(31-18)7-16(30)26-21(11-23)3-4-21/h5-6,9-10H,2-4,7-8H2,1H3,(H,26,30). The molecule has 5 rings (SSSR count). The van der Waals surface area contributed by atoms with Gasteiger partial charge in [0.15, 0.2) is 0 Å². The summed E-state index contributed by atoms with van der Waals surface area (Å²) in [6.45, 7) is 2.83. The number of carbonyl (C=O) groups is 1. The minimum absolute atomic E-state index is 0.0586. The van der Waals surface area contributed by atoms with Gasteiger partial charge in [-0.3, -0.25) is 9.48 Å². The van der Waals surface area contributed by atoms with Crippen molar-refractivity contribution in [2.24, 2.45) is 0 Å². The maximum absolute atomic E-state index is 12.1. The first-order chi connectivity index (χ1) is 15.5. The third kappa shape index (κ3) is 4.09. The van der Waals surface area contributed by atoms with Crippen LogP contribution in [-0.2, 0) is 24.2 Å². The number of rotatable bonds is 7. The van der Waals surface area contributed by atoms with Crippen molar-refractivity contribution in [1.82, 2.24) is 30.3 Å². The highest BCUT2D eigenvalue weighted by Crippen LogP contribution is 2.35. The Kier molecular flexibility index (Phi) is 5.15. The van der Waals surface area contributed by atoms with Crippen LogP contribution in [0.4, 0.5) is 0 Å². The minimum Gasteiger partial charge on any atom is -0.424 e. The Morgan fingerprint density at radius 2 is 2.16 bits per heavy atom. The second kappa shape index (κ2) is 8.00. The molecule has 1 fully saturated rings. The van der Waals surface area contributed by atoms with Crippen molar-refractivity contribution in [3.8, 4) is 17.2 Å². The average Bonchev–Trinajstić information content (AvgIpc) is 3.15. The molecule has 0 radical (unpaired) electrons. The highest BCUT2D eigenvalue weighted by molar-refractivity contribution is 7.19. The van der Waals surface area contributed by atoms with E-state index in [1.807, 2.05) is 36.1 Å². The summed E-state index contributed by atoms with van der Waals surface area (Å²) in [5.41, 5.74) is 2.02. The number of nitriles is 1. The lowest BCUT2D eigenvalue weighted by Gasteiger charge is -2.06. The molecule has 0 atom stereocenters. The summed E-state index contributed by atoms with van der Waals surface area (Å²) < 4.78 is 8.36. The summed E-state index contributed by atoms with van der Waals surface area (Å²) in [5.74, 6) is 0.277. The topological polar surface area (TPSA) is 123 Å². The van der Waals surface area contributed by atoms with Crippen molar-refractivity contribution in [2.45, 2.75) is 44.7 Å². The van der Waals surface area contributed by atoms with Crippen molar-refractivity contribution >= 4 is 39.1 Å². The van der Waals surface area contributed by atoms with Crippen molar-refractivity contribution in [2.75, 3.05) is 0 Å². The van der Waals surface area contributed by atoms with Crippen molar-refractivity contribution in [3.63, 3.8) is 0 Å². The summed E-state index contributed by atoms with van der Waals surface area (Å²) >= 11 is 7.99. The largest absolute Gasteiger partial charge is 0.424 e. The van der Waals surface area contributed by atoms with Gasteiger partial charge in [0.05, 0.1) is 33.9 Å². The maximum Gasteiger partial charge on any atom is 0.230 e. The van der Waals surface area contributed by atoms with Crippen molar-refractivity contribution in [1.29, 1.82) is 5.26 Å². The lowest BCUT2D eigenvalue weighted by Crippen LogP contribution is -2.36. The van der Waals surface area contributed by atoms with E-state index >= 15 is 0 Å². The fraction of sp³-hybridized carbons (Fsp3) is 0.333. The van der Waals surface area contributed by atoms with Crippen LogP contribution in [0.2, 0.25) is 5.02 Å². The number of amides is 1. The molecule has 162 valence electrons. The Balaban J connectivity index is 1.31. The Labute approximate surface area is 192 Å². The zero-order valence-electron chi connectivity index (χ0n) is 17.1. The second-order valence-corrected chi connectivity index (χ2v) is 9.17. The molecule has 9 nitrogen and oxygen atoms in total. The molecule has 32 heavy (non-hydrogen) atoms. The van der Waals surface area contributed by atoms with Crippen molar-refractivity contribution in [3.05, 3.63) is 46.3 Å². The zero-order valence-corrected chi connectivity index (χ0v) is 18.7. The molecule has 0 bridgehead atoms. The third-order valence-electron chi connectivity index (χ3n) is 5.25. The number of hydrogen-bond donors (Lipinski definition) is 1. The van der Waals surface area contributed by atoms with Crippen LogP contribution < -0.4 is 5.32 Å². The molecule has 0 unspecified atom stereocenters. The number of aromatic nitrogens is 5. The smallest absolute Gasteiger partial charge is 0.230 e. The van der Waals surface area contributed by atoms with Gasteiger partial charge in [0.25, 0.3) is 0 Å². The maximum atomic E-state index is 12.1. The molecule has 1 N–H and O–H groups in total. The number of halogens is 1. The van der Waals surface area contributed by atoms with E-state index in [0.717, 1.165) is 32.9 Å². The SMILES string of the molecule is CCn1cc(-c2cc(Cl)c3sc(Cc4nnc(CC(=O)NC5(C#N)CC5)o4)nc3c2)cn1. The van der Waals surface area contributed by atoms with Gasteiger partial charge in [-0.15, -0.1) is 21.5 Å². The van der Waals surface area contributed by atoms with Gasteiger partial charge in [-0.1, -0.05) is 11.6 Å². The fourth-order valence-corrected chi connectivity index (χ4v) is 4.64. The molecule has 4 aromatic rings. The van der Waals surface area contributed by atoms with E-state index in [9.17, 15) is 4.79 Å². The number of benzene rings is 1. The van der Waals surface area contributed by atoms with Gasteiger partial charge in [0.1, 0.15) is 17.0 Å². The first kappa shape index (κ1) is 20.6. The number of fused-ring (bicyclic) bond motifs is 1. The van der Waals surface area contributed by atoms with Gasteiger partial charge in [-0.05, 0) is 37.5 Å². The van der Waals surface area contributed by atoms with Gasteiger partial charge in [-0.25, -0.2) is 4.98 Å². The van der Waals surface area contributed by atoms with Crippen LogP contribution >= 0.6 is 22.9 Å². The quantitative estimate of drug-likeness (QED) is 0.441. The summed E-state index contributed by atoms with van der Waals surface area (Å²) in [6, 6.07) is 6.03. The van der Waals surface area contributed by atoms with Crippen LogP contribution in [0.3, 0.4) is 0 Å². The van der Waals surface area contributed by atoms with Crippen LogP contribution in [0.25, 0.3) is 21.3 Å². The van der Waals surface area contributed by atoms with Crippen LogP contribution in [-0.4, -0.2) is 36.4 Å². The number of hydrogen-bond acceptors (Lipinski definition) is 8. The monoisotopic (exact) mass is 467 g/mol. The van der Waals surface area contributed by atoms with Gasteiger partial charge >= 0.3 is 0 Å². The molecule has 3 aromatic heterocycles. The van der Waals surface area contributed by atoms with E-state index in [2.05, 4.69) is 31.7 Å². The number of aryl methyl sites for hydroxylation is 1. The first-order valence-corrected chi connectivity index (χ1v) is 11.3. The van der Waals surface area contributed by atoms with E-state index in [0.29, 0.717) is 30.2 Å². The van der Waals surface area contributed by atoms with Gasteiger partial charge < -0.3 is 9.73 Å². The molecule has 1 amide bonds. The molecular formula is C21H18ClN7O2S. The molecule has 0 spiro atoms. The third-order valence-corrected chi connectivity index (χ3v) is 6.76. The minimum atomic E-state index is -0.714. The Bertz CT molecular complexity index is 1360. The predicted molar refractivity (Wildman–Crippen MR) is 118 cm³/mol. The van der Waals surface area contributed by atoms with Gasteiger partial charge in [0.2, 0.25) is 17.7 Å². The molecule has 1 aliphatic carbocycles. The van der Waals surface area contributed by atoms with E-state index in [1.165, 1.54) is 11.3 Å². The molecule has 11 heteroatoms. The second-order valence-electron chi connectivity index (χ2n) is 7.68. The van der Waals surface area contributed by atoms with Crippen LogP contribution in [0.1, 0.15) is 36.6 Å². The summed E-state index contributed by atoms with van der Waals surface area (Å²) in [7, 11) is 0. The Morgan fingerprint density at radius 1 is 1.34 bits per heavy atom. The summed E-state index contributed by atoms with van der Waals surface area (Å²) in [6.07, 6.45) is 5.42. The summed E-state index contributed by atoms with van der Waals surface area (Å²) in [5, 5.41) is 25.5. The normalized spacial score (nSPS) is 14.4. The highest BCUT2D eigenvalue weighted by atomic mass is 35.5. The average molecular weight is 468 g/mol. The molecule has 0 aliphatic heterocycles. The fourth-order valence-electron chi connectivity index (χ4n) is 3.36. The number of nitrogens with one attached hydrogen (secondary N) is 1. The Morgan fingerprint density at radius 3 is 2.88 bits per heavy atom. The molecule has 1 aliphatic rings. The van der Waals surface area contributed by atoms with Gasteiger partial charge in [-0.2, -0.15) is 10.4 Å². The van der Waals surface area contributed by atoms with E-state index in [-0.39, 0.29) is 18.2 Å². The number of thiazole rings is 1. The lowest BCUT2D eigenvalue weighted by molar-refractivity contribution is -0.121. The highest BCUT2D eigenvalue weighted by Gasteiger charge is 2.44. The van der Waals surface area contributed by atoms with Gasteiger partial charge in [0, 0.05) is 18.3 Å². The van der Waals surface area contributed by atoms with E-state index in [1.54, 1.807) is 0 Å². The van der Waals surface area contributed by atoms with E-state index in [4.69, 9.17) is 21.3 Å². The van der Waals surface area contributed by atoms with Crippen LogP contribution in [0.15, 0.2) is 28.9 Å². The zero-order chi connectivity index (χ0) is 22.3. The van der Waals surface area contributed by atoms with E-state index < -0.39 is 5.54 Å². The lowest BCUT2D eigenvalue weighted by atomic mass is 10.1. The predicted octanol–water partition coefficient (Wildman–Crippen LogP) is 3.52.